The number of rotatable bonds is 4. The normalized spacial score (nSPS) is 8.88. The first kappa shape index (κ1) is 20.8. The molecule has 0 atom stereocenters. The van der Waals surface area contributed by atoms with Crippen LogP contribution in [0, 0.1) is 0 Å². The van der Waals surface area contributed by atoms with E-state index in [0.717, 1.165) is 0 Å². The van der Waals surface area contributed by atoms with Crippen LogP contribution < -0.4 is 22.9 Å². The van der Waals surface area contributed by atoms with Gasteiger partial charge < -0.3 is 37.5 Å². The number of hydrogen-bond donors (Lipinski definition) is 5. The number of phenols is 1. The Kier molecular flexibility index (Phi) is 10.7. The Hall–Kier alpha value is -3.20. The van der Waals surface area contributed by atoms with Crippen molar-refractivity contribution in [2.75, 3.05) is 43.3 Å². The molecule has 24 heavy (non-hydrogen) atoms. The predicted molar refractivity (Wildman–Crippen MR) is 93.9 cm³/mol. The molecule has 0 bridgehead atoms. The van der Waals surface area contributed by atoms with Gasteiger partial charge in [-0.15, -0.1) is 0 Å². The Balaban J connectivity index is 0.000000334. The molecule has 1 aromatic heterocycles. The maximum atomic E-state index is 9.40. The lowest BCUT2D eigenvalue weighted by molar-refractivity contribution is -0.129. The van der Waals surface area contributed by atoms with Crippen molar-refractivity contribution < 1.29 is 19.4 Å². The summed E-state index contributed by atoms with van der Waals surface area (Å²) in [7, 11) is 1.55. The molecule has 1 heterocycles. The fraction of sp³-hybridized carbons (Fsp3) is 0.200. The van der Waals surface area contributed by atoms with Gasteiger partial charge in [-0.05, 0) is 24.3 Å². The SMILES string of the molecule is COCCOC=O.Nc1ccc(N)c(N)n1.Nc1ccccc1O. The van der Waals surface area contributed by atoms with E-state index >= 15 is 0 Å². The van der Waals surface area contributed by atoms with Gasteiger partial charge in [0.05, 0.1) is 18.0 Å². The molecule has 0 amide bonds. The number of para-hydroxylation sites is 2. The Morgan fingerprint density at radius 1 is 1.04 bits per heavy atom. The second-order valence-corrected chi connectivity index (χ2v) is 4.23. The summed E-state index contributed by atoms with van der Waals surface area (Å²) in [6.07, 6.45) is 0. The van der Waals surface area contributed by atoms with Crippen LogP contribution >= 0.6 is 0 Å². The Morgan fingerprint density at radius 3 is 2.12 bits per heavy atom. The van der Waals surface area contributed by atoms with Crippen molar-refractivity contribution in [3.8, 4) is 5.75 Å². The van der Waals surface area contributed by atoms with E-state index in [1.165, 1.54) is 0 Å². The molecule has 0 aliphatic rings. The zero-order valence-corrected chi connectivity index (χ0v) is 13.4. The summed E-state index contributed by atoms with van der Waals surface area (Å²) in [4.78, 5) is 13.1. The van der Waals surface area contributed by atoms with Crippen LogP contribution in [0.3, 0.4) is 0 Å². The lowest BCUT2D eigenvalue weighted by Crippen LogP contribution is -1.99. The van der Waals surface area contributed by atoms with Gasteiger partial charge in [0.2, 0.25) is 0 Å². The first-order valence-corrected chi connectivity index (χ1v) is 6.77. The van der Waals surface area contributed by atoms with Gasteiger partial charge >= 0.3 is 0 Å². The molecule has 0 fully saturated rings. The lowest BCUT2D eigenvalue weighted by Gasteiger charge is -1.97. The number of ether oxygens (including phenoxy) is 2. The number of nitrogens with two attached hydrogens (primary N) is 4. The molecule has 0 spiro atoms. The number of carbonyl (C=O) groups excluding carboxylic acids is 1. The zero-order chi connectivity index (χ0) is 18.4. The van der Waals surface area contributed by atoms with Crippen molar-refractivity contribution >= 4 is 29.5 Å². The molecule has 2 aromatic rings. The Bertz CT molecular complexity index is 589. The topological polar surface area (TPSA) is 173 Å². The van der Waals surface area contributed by atoms with Crippen molar-refractivity contribution in [3.63, 3.8) is 0 Å². The highest BCUT2D eigenvalue weighted by atomic mass is 16.5. The third-order valence-electron chi connectivity index (χ3n) is 2.39. The van der Waals surface area contributed by atoms with Crippen molar-refractivity contribution in [1.29, 1.82) is 0 Å². The largest absolute Gasteiger partial charge is 0.506 e. The number of aromatic hydroxyl groups is 1. The van der Waals surface area contributed by atoms with E-state index in [1.807, 2.05) is 0 Å². The summed E-state index contributed by atoms with van der Waals surface area (Å²) in [5, 5.41) is 8.79. The molecule has 0 aliphatic carbocycles. The van der Waals surface area contributed by atoms with E-state index in [4.69, 9.17) is 28.0 Å². The third kappa shape index (κ3) is 9.68. The Morgan fingerprint density at radius 2 is 1.71 bits per heavy atom. The summed E-state index contributed by atoms with van der Waals surface area (Å²) in [6, 6.07) is 9.93. The first-order valence-electron chi connectivity index (χ1n) is 6.77. The number of phenolic OH excluding ortho intramolecular Hbond substituents is 1. The Labute approximate surface area is 140 Å². The number of aromatic nitrogens is 1. The van der Waals surface area contributed by atoms with E-state index in [-0.39, 0.29) is 11.6 Å². The number of benzene rings is 1. The number of anilines is 4. The molecule has 132 valence electrons. The van der Waals surface area contributed by atoms with Gasteiger partial charge in [-0.25, -0.2) is 4.98 Å². The standard InChI is InChI=1S/C6H7NO.C5H8N4.C4H8O3/c7-5-3-1-2-4-6(5)8;6-3-1-2-4(7)9-5(3)8;1-6-2-3-7-4-5/h1-4,8H,7H2;1-2H,6H2,(H4,7,8,9);4H,2-3H2,1H3. The summed E-state index contributed by atoms with van der Waals surface area (Å²) in [6.45, 7) is 1.22. The molecule has 9 N–H and O–H groups in total. The molecule has 0 saturated carbocycles. The van der Waals surface area contributed by atoms with E-state index < -0.39 is 0 Å². The highest BCUT2D eigenvalue weighted by Gasteiger charge is 1.92. The molecule has 0 aliphatic heterocycles. The quantitative estimate of drug-likeness (QED) is 0.232. The minimum atomic E-state index is 0.146. The molecular weight excluding hydrogens is 314 g/mol. The first-order chi connectivity index (χ1) is 11.4. The number of nitrogen functional groups attached to an aromatic ring is 4. The molecule has 0 radical (unpaired) electrons. The van der Waals surface area contributed by atoms with Crippen molar-refractivity contribution in [3.05, 3.63) is 36.4 Å². The van der Waals surface area contributed by atoms with Crippen LogP contribution in [0.2, 0.25) is 0 Å². The van der Waals surface area contributed by atoms with Crippen LogP contribution in [0.25, 0.3) is 0 Å². The number of nitrogens with zero attached hydrogens (tertiary/aromatic N) is 1. The molecule has 9 heteroatoms. The summed E-state index contributed by atoms with van der Waals surface area (Å²) < 4.78 is 8.83. The molecule has 2 rings (SSSR count). The highest BCUT2D eigenvalue weighted by molar-refractivity contribution is 5.60. The van der Waals surface area contributed by atoms with E-state index in [9.17, 15) is 4.79 Å². The van der Waals surface area contributed by atoms with Crippen LogP contribution in [0.1, 0.15) is 0 Å². The molecule has 1 aromatic carbocycles. The summed E-state index contributed by atoms with van der Waals surface area (Å²) in [5.41, 5.74) is 22.1. The van der Waals surface area contributed by atoms with Gasteiger partial charge in [0.15, 0.2) is 0 Å². The minimum Gasteiger partial charge on any atom is -0.506 e. The maximum absolute atomic E-state index is 9.40. The van der Waals surface area contributed by atoms with Gasteiger partial charge in [-0.3, -0.25) is 4.79 Å². The smallest absolute Gasteiger partial charge is 0.293 e. The van der Waals surface area contributed by atoms with Gasteiger partial charge in [-0.1, -0.05) is 12.1 Å². The minimum absolute atomic E-state index is 0.146. The molecular formula is C15H23N5O4. The maximum Gasteiger partial charge on any atom is 0.293 e. The highest BCUT2D eigenvalue weighted by Crippen LogP contribution is 2.16. The van der Waals surface area contributed by atoms with Crippen LogP contribution in [0.15, 0.2) is 36.4 Å². The second-order valence-electron chi connectivity index (χ2n) is 4.23. The van der Waals surface area contributed by atoms with Gasteiger partial charge in [-0.2, -0.15) is 0 Å². The molecule has 0 unspecified atom stereocenters. The zero-order valence-electron chi connectivity index (χ0n) is 13.4. The third-order valence-corrected chi connectivity index (χ3v) is 2.39. The van der Waals surface area contributed by atoms with E-state index in [2.05, 4.69) is 14.5 Å². The number of hydrogen-bond acceptors (Lipinski definition) is 9. The van der Waals surface area contributed by atoms with Crippen molar-refractivity contribution in [1.82, 2.24) is 4.98 Å². The predicted octanol–water partition coefficient (Wildman–Crippen LogP) is 0.608. The fourth-order valence-corrected chi connectivity index (χ4v) is 1.17. The monoisotopic (exact) mass is 337 g/mol. The lowest BCUT2D eigenvalue weighted by atomic mass is 10.3. The summed E-state index contributed by atoms with van der Waals surface area (Å²) in [5.74, 6) is 0.823. The van der Waals surface area contributed by atoms with E-state index in [0.29, 0.717) is 36.9 Å². The van der Waals surface area contributed by atoms with E-state index in [1.54, 1.807) is 43.5 Å². The average molecular weight is 337 g/mol. The number of pyridine rings is 1. The summed E-state index contributed by atoms with van der Waals surface area (Å²) >= 11 is 0. The van der Waals surface area contributed by atoms with Crippen LogP contribution in [-0.4, -0.2) is 36.9 Å². The van der Waals surface area contributed by atoms with Gasteiger partial charge in [0.1, 0.15) is 24.0 Å². The average Bonchev–Trinajstić information content (AvgIpc) is 2.56. The fourth-order valence-electron chi connectivity index (χ4n) is 1.17. The molecule has 0 saturated heterocycles. The second kappa shape index (κ2) is 12.4. The number of methoxy groups -OCH3 is 1. The van der Waals surface area contributed by atoms with Crippen LogP contribution in [0.5, 0.6) is 5.75 Å². The molecule has 9 nitrogen and oxygen atoms in total. The van der Waals surface area contributed by atoms with Gasteiger partial charge in [0.25, 0.3) is 6.47 Å². The van der Waals surface area contributed by atoms with Crippen molar-refractivity contribution in [2.24, 2.45) is 0 Å². The van der Waals surface area contributed by atoms with Crippen LogP contribution in [-0.2, 0) is 14.3 Å². The number of carbonyl (C=O) groups is 1. The van der Waals surface area contributed by atoms with Crippen molar-refractivity contribution in [2.45, 2.75) is 0 Å². The van der Waals surface area contributed by atoms with Gasteiger partial charge in [0, 0.05) is 7.11 Å². The van der Waals surface area contributed by atoms with Crippen LogP contribution in [0.4, 0.5) is 23.0 Å².